The number of hydrogen-bond acceptors (Lipinski definition) is 7. The fraction of sp³-hybridized carbons (Fsp3) is 1.00. The smallest absolute Gasteiger partial charge is 0.377 e. The molecule has 0 aromatic carbocycles. The molecule has 1 heterocycles. The average Bonchev–Trinajstić information content (AvgIpc) is 3.25. The van der Waals surface area contributed by atoms with Crippen molar-refractivity contribution in [2.24, 2.45) is 23.1 Å². The normalized spacial score (nSPS) is 28.5. The molecule has 1 saturated carbocycles. The van der Waals surface area contributed by atoms with E-state index in [1.807, 2.05) is 0 Å². The van der Waals surface area contributed by atoms with Gasteiger partial charge in [0.1, 0.15) is 5.79 Å². The highest BCUT2D eigenvalue weighted by Crippen LogP contribution is 2.40. The van der Waals surface area contributed by atoms with Crippen molar-refractivity contribution >= 4 is 8.80 Å². The number of fused-ring (bicyclic) bond motifs is 1. The molecule has 6 N–H and O–H groups in total. The Morgan fingerprint density at radius 2 is 1.86 bits per heavy atom. The van der Waals surface area contributed by atoms with Crippen molar-refractivity contribution in [3.63, 3.8) is 0 Å². The second kappa shape index (κ2) is 7.67. The molecule has 1 aliphatic heterocycles. The quantitative estimate of drug-likeness (QED) is 0.230. The van der Waals surface area contributed by atoms with Crippen LogP contribution in [0, 0.1) is 5.92 Å². The molecule has 2 aliphatic rings. The van der Waals surface area contributed by atoms with E-state index in [9.17, 15) is 0 Å². The molecule has 8 heteroatoms. The van der Waals surface area contributed by atoms with Crippen molar-refractivity contribution in [2.45, 2.75) is 62.6 Å². The first-order valence-corrected chi connectivity index (χ1v) is 10.1. The van der Waals surface area contributed by atoms with Gasteiger partial charge in [-0.1, -0.05) is 0 Å². The number of hydrogen-bond donors (Lipinski definition) is 3. The van der Waals surface area contributed by atoms with Crippen LogP contribution in [-0.4, -0.2) is 47.6 Å². The van der Waals surface area contributed by atoms with Gasteiger partial charge < -0.3 is 35.2 Å². The number of epoxide rings is 1. The van der Waals surface area contributed by atoms with Gasteiger partial charge in [-0.25, -0.2) is 0 Å². The molecule has 1 saturated heterocycles. The summed E-state index contributed by atoms with van der Waals surface area (Å²) in [6.07, 6.45) is 7.37. The van der Waals surface area contributed by atoms with Gasteiger partial charge >= 0.3 is 8.80 Å². The van der Waals surface area contributed by atoms with Crippen molar-refractivity contribution in [1.29, 1.82) is 0 Å². The maximum atomic E-state index is 5.95. The first-order valence-electron chi connectivity index (χ1n) is 8.14. The summed E-state index contributed by atoms with van der Waals surface area (Å²) in [5, 5.41) is 0. The minimum absolute atomic E-state index is 0.393. The molecule has 7 nitrogen and oxygen atoms in total. The van der Waals surface area contributed by atoms with E-state index in [1.54, 1.807) is 14.2 Å². The molecule has 2 rings (SSSR count). The SMILES string of the molecule is CO[Si](CCC(N)(N)N)(OC)OCCCC1CCC2OC2C1. The van der Waals surface area contributed by atoms with Crippen molar-refractivity contribution in [3.05, 3.63) is 0 Å². The van der Waals surface area contributed by atoms with Gasteiger partial charge in [-0.05, 0) is 44.4 Å². The highest BCUT2D eigenvalue weighted by atomic mass is 28.4. The summed E-state index contributed by atoms with van der Waals surface area (Å²) in [5.41, 5.74) is 16.9. The van der Waals surface area contributed by atoms with Crippen LogP contribution < -0.4 is 17.2 Å². The zero-order valence-corrected chi connectivity index (χ0v) is 14.8. The van der Waals surface area contributed by atoms with Gasteiger partial charge in [-0.3, -0.25) is 0 Å². The standard InChI is InChI=1S/C14H31N3O4Si/c1-18-22(19-2,9-7-14(15,16)17)20-8-3-4-11-5-6-12-13(10-11)21-12/h11-13H,3-10,15-17H2,1-2H3. The first kappa shape index (κ1) is 18.3. The minimum Gasteiger partial charge on any atom is -0.377 e. The fourth-order valence-corrected chi connectivity index (χ4v) is 5.35. The van der Waals surface area contributed by atoms with E-state index in [0.29, 0.717) is 31.3 Å². The summed E-state index contributed by atoms with van der Waals surface area (Å²) in [6.45, 7) is 0.631. The Balaban J connectivity index is 1.66. The van der Waals surface area contributed by atoms with Crippen LogP contribution in [0.3, 0.4) is 0 Å². The molecule has 0 aromatic heterocycles. The van der Waals surface area contributed by atoms with Crippen molar-refractivity contribution in [3.8, 4) is 0 Å². The van der Waals surface area contributed by atoms with E-state index in [1.165, 1.54) is 25.7 Å². The molecule has 3 unspecified atom stereocenters. The minimum atomic E-state index is -2.71. The lowest BCUT2D eigenvalue weighted by Gasteiger charge is -2.29. The number of nitrogens with two attached hydrogens (primary N) is 3. The van der Waals surface area contributed by atoms with Gasteiger partial charge in [0.25, 0.3) is 0 Å². The average molecular weight is 334 g/mol. The van der Waals surface area contributed by atoms with Crippen molar-refractivity contribution < 1.29 is 18.0 Å². The van der Waals surface area contributed by atoms with Crippen LogP contribution in [-0.2, 0) is 18.0 Å². The molecular weight excluding hydrogens is 302 g/mol. The molecule has 0 bridgehead atoms. The van der Waals surface area contributed by atoms with Crippen LogP contribution in [0.5, 0.6) is 0 Å². The van der Waals surface area contributed by atoms with Gasteiger partial charge in [-0.2, -0.15) is 0 Å². The van der Waals surface area contributed by atoms with Gasteiger partial charge in [-0.15, -0.1) is 0 Å². The van der Waals surface area contributed by atoms with Gasteiger partial charge in [0.2, 0.25) is 0 Å². The molecule has 22 heavy (non-hydrogen) atoms. The third-order valence-electron chi connectivity index (χ3n) is 4.68. The topological polar surface area (TPSA) is 118 Å². The maximum Gasteiger partial charge on any atom is 0.500 e. The van der Waals surface area contributed by atoms with Crippen LogP contribution in [0.15, 0.2) is 0 Å². The predicted molar refractivity (Wildman–Crippen MR) is 85.7 cm³/mol. The molecule has 3 atom stereocenters. The van der Waals surface area contributed by atoms with Crippen molar-refractivity contribution in [1.82, 2.24) is 0 Å². The van der Waals surface area contributed by atoms with E-state index in [-0.39, 0.29) is 0 Å². The highest BCUT2D eigenvalue weighted by molar-refractivity contribution is 6.60. The van der Waals surface area contributed by atoms with Gasteiger partial charge in [0.15, 0.2) is 0 Å². The first-order chi connectivity index (χ1) is 10.4. The molecule has 130 valence electrons. The number of rotatable bonds is 10. The summed E-state index contributed by atoms with van der Waals surface area (Å²) in [6, 6.07) is 0.518. The Bertz CT molecular complexity index is 349. The maximum absolute atomic E-state index is 5.95. The second-order valence-corrected chi connectivity index (χ2v) is 9.56. The summed E-state index contributed by atoms with van der Waals surface area (Å²) >= 11 is 0. The molecular formula is C14H31N3O4Si. The van der Waals surface area contributed by atoms with Crippen LogP contribution >= 0.6 is 0 Å². The second-order valence-electron chi connectivity index (χ2n) is 6.59. The summed E-state index contributed by atoms with van der Waals surface area (Å²) in [4.78, 5) is 0. The third kappa shape index (κ3) is 5.54. The molecule has 0 amide bonds. The summed E-state index contributed by atoms with van der Waals surface area (Å²) < 4.78 is 22.5. The summed E-state index contributed by atoms with van der Waals surface area (Å²) in [7, 11) is 0.498. The Kier molecular flexibility index (Phi) is 6.37. The number of ether oxygens (including phenoxy) is 1. The predicted octanol–water partition coefficient (Wildman–Crippen LogP) is 0.502. The Hall–Kier alpha value is -0.0631. The van der Waals surface area contributed by atoms with Crippen LogP contribution in [0.2, 0.25) is 6.04 Å². The monoisotopic (exact) mass is 333 g/mol. The van der Waals surface area contributed by atoms with Gasteiger partial charge in [0, 0.05) is 26.9 Å². The fourth-order valence-electron chi connectivity index (χ4n) is 3.20. The highest BCUT2D eigenvalue weighted by Gasteiger charge is 2.44. The van der Waals surface area contributed by atoms with E-state index in [0.717, 1.165) is 12.3 Å². The third-order valence-corrected chi connectivity index (χ3v) is 7.43. The lowest BCUT2D eigenvalue weighted by Crippen LogP contribution is -2.59. The van der Waals surface area contributed by atoms with Crippen LogP contribution in [0.25, 0.3) is 0 Å². The Morgan fingerprint density at radius 1 is 1.14 bits per heavy atom. The molecule has 2 fully saturated rings. The van der Waals surface area contributed by atoms with E-state index in [4.69, 9.17) is 35.2 Å². The molecule has 0 spiro atoms. The van der Waals surface area contributed by atoms with Gasteiger partial charge in [0.05, 0.1) is 12.2 Å². The zero-order valence-electron chi connectivity index (χ0n) is 13.8. The summed E-state index contributed by atoms with van der Waals surface area (Å²) in [5.74, 6) is -0.458. The molecule has 0 radical (unpaired) electrons. The Labute approximate surface area is 134 Å². The van der Waals surface area contributed by atoms with E-state index >= 15 is 0 Å². The van der Waals surface area contributed by atoms with E-state index < -0.39 is 14.6 Å². The Morgan fingerprint density at radius 3 is 2.45 bits per heavy atom. The molecule has 0 aromatic rings. The largest absolute Gasteiger partial charge is 0.500 e. The molecule has 1 aliphatic carbocycles. The lowest BCUT2D eigenvalue weighted by atomic mass is 9.86. The van der Waals surface area contributed by atoms with Crippen LogP contribution in [0.1, 0.15) is 38.5 Å². The van der Waals surface area contributed by atoms with Crippen molar-refractivity contribution in [2.75, 3.05) is 20.8 Å². The lowest BCUT2D eigenvalue weighted by molar-refractivity contribution is 0.0918. The van der Waals surface area contributed by atoms with E-state index in [2.05, 4.69) is 0 Å². The zero-order chi connectivity index (χ0) is 16.2. The van der Waals surface area contributed by atoms with Crippen LogP contribution in [0.4, 0.5) is 0 Å².